The van der Waals surface area contributed by atoms with Gasteiger partial charge in [-0.15, -0.1) is 0 Å². The summed E-state index contributed by atoms with van der Waals surface area (Å²) in [5.41, 5.74) is 4.60. The van der Waals surface area contributed by atoms with Crippen molar-refractivity contribution in [1.29, 1.82) is 0 Å². The van der Waals surface area contributed by atoms with E-state index in [1.807, 2.05) is 25.3 Å². The molecular weight excluding hydrogens is 276 g/mol. The van der Waals surface area contributed by atoms with Crippen LogP contribution in [0.4, 0.5) is 0 Å². The minimum absolute atomic E-state index is 0.345. The zero-order chi connectivity index (χ0) is 15.5. The van der Waals surface area contributed by atoms with E-state index in [1.165, 1.54) is 7.11 Å². The summed E-state index contributed by atoms with van der Waals surface area (Å²) < 4.78 is 4.74. The Bertz CT molecular complexity index is 843. The minimum atomic E-state index is -0.345. The highest BCUT2D eigenvalue weighted by atomic mass is 16.5. The van der Waals surface area contributed by atoms with Crippen LogP contribution < -0.4 is 0 Å². The molecule has 0 bridgehead atoms. The SMILES string of the molecule is COC(=O)c1ccnc(Cc2ccc3ncc(C)cc3c2)c1. The largest absolute Gasteiger partial charge is 0.465 e. The molecule has 0 radical (unpaired) electrons. The van der Waals surface area contributed by atoms with E-state index in [9.17, 15) is 4.79 Å². The summed E-state index contributed by atoms with van der Waals surface area (Å²) in [6.07, 6.45) is 4.16. The Hall–Kier alpha value is -2.75. The van der Waals surface area contributed by atoms with Gasteiger partial charge in [0.15, 0.2) is 0 Å². The van der Waals surface area contributed by atoms with Gasteiger partial charge < -0.3 is 4.74 Å². The van der Waals surface area contributed by atoms with Crippen molar-refractivity contribution in [1.82, 2.24) is 9.97 Å². The molecule has 22 heavy (non-hydrogen) atoms. The van der Waals surface area contributed by atoms with E-state index in [0.29, 0.717) is 12.0 Å². The number of pyridine rings is 2. The summed E-state index contributed by atoms with van der Waals surface area (Å²) in [7, 11) is 1.38. The molecule has 0 amide bonds. The van der Waals surface area contributed by atoms with E-state index in [2.05, 4.69) is 22.1 Å². The fourth-order valence-corrected chi connectivity index (χ4v) is 2.43. The van der Waals surface area contributed by atoms with Crippen LogP contribution in [0.5, 0.6) is 0 Å². The van der Waals surface area contributed by atoms with Gasteiger partial charge in [0.05, 0.1) is 18.2 Å². The summed E-state index contributed by atoms with van der Waals surface area (Å²) in [5, 5.41) is 1.11. The van der Waals surface area contributed by atoms with Crippen LogP contribution in [0.25, 0.3) is 10.9 Å². The Morgan fingerprint density at radius 2 is 2.00 bits per heavy atom. The first-order chi connectivity index (χ1) is 10.7. The third kappa shape index (κ3) is 2.96. The number of nitrogens with zero attached hydrogens (tertiary/aromatic N) is 2. The topological polar surface area (TPSA) is 52.1 Å². The van der Waals surface area contributed by atoms with E-state index in [1.54, 1.807) is 18.3 Å². The molecule has 2 aromatic heterocycles. The Labute approximate surface area is 128 Å². The number of aromatic nitrogens is 2. The van der Waals surface area contributed by atoms with Crippen LogP contribution in [0.3, 0.4) is 0 Å². The molecular formula is C18H16N2O2. The minimum Gasteiger partial charge on any atom is -0.465 e. The third-order valence-corrected chi connectivity index (χ3v) is 3.51. The fraction of sp³-hybridized carbons (Fsp3) is 0.167. The molecule has 4 nitrogen and oxygen atoms in total. The van der Waals surface area contributed by atoms with E-state index in [-0.39, 0.29) is 5.97 Å². The number of hydrogen-bond acceptors (Lipinski definition) is 4. The number of aryl methyl sites for hydroxylation is 1. The maximum Gasteiger partial charge on any atom is 0.337 e. The van der Waals surface area contributed by atoms with Crippen molar-refractivity contribution in [2.45, 2.75) is 13.3 Å². The smallest absolute Gasteiger partial charge is 0.337 e. The number of hydrogen-bond donors (Lipinski definition) is 0. The van der Waals surface area contributed by atoms with Gasteiger partial charge in [0.25, 0.3) is 0 Å². The number of methoxy groups -OCH3 is 1. The van der Waals surface area contributed by atoms with Crippen molar-refractivity contribution in [2.75, 3.05) is 7.11 Å². The van der Waals surface area contributed by atoms with Gasteiger partial charge in [-0.25, -0.2) is 4.79 Å². The van der Waals surface area contributed by atoms with Crippen molar-refractivity contribution >= 4 is 16.9 Å². The van der Waals surface area contributed by atoms with Crippen LogP contribution in [0, 0.1) is 6.92 Å². The average Bonchev–Trinajstić information content (AvgIpc) is 2.54. The Kier molecular flexibility index (Phi) is 3.83. The second-order valence-corrected chi connectivity index (χ2v) is 5.24. The summed E-state index contributed by atoms with van der Waals surface area (Å²) in [6, 6.07) is 11.7. The number of benzene rings is 1. The number of carbonyl (C=O) groups excluding carboxylic acids is 1. The first-order valence-corrected chi connectivity index (χ1v) is 7.04. The second-order valence-electron chi connectivity index (χ2n) is 5.24. The fourth-order valence-electron chi connectivity index (χ4n) is 2.43. The molecule has 110 valence electrons. The van der Waals surface area contributed by atoms with Crippen molar-refractivity contribution in [3.05, 3.63) is 71.2 Å². The monoisotopic (exact) mass is 292 g/mol. The van der Waals surface area contributed by atoms with Gasteiger partial charge in [-0.3, -0.25) is 9.97 Å². The van der Waals surface area contributed by atoms with Gasteiger partial charge >= 0.3 is 5.97 Å². The maximum absolute atomic E-state index is 11.6. The molecule has 1 aromatic carbocycles. The molecule has 0 aliphatic carbocycles. The molecule has 0 unspecified atom stereocenters. The van der Waals surface area contributed by atoms with Gasteiger partial charge in [0.2, 0.25) is 0 Å². The number of rotatable bonds is 3. The highest BCUT2D eigenvalue weighted by molar-refractivity contribution is 5.89. The van der Waals surface area contributed by atoms with Crippen molar-refractivity contribution in [3.63, 3.8) is 0 Å². The standard InChI is InChI=1S/C18H16N2O2/c1-12-7-15-8-13(3-4-17(15)20-11-12)9-16-10-14(5-6-19-16)18(21)22-2/h3-8,10-11H,9H2,1-2H3. The van der Waals surface area contributed by atoms with Crippen molar-refractivity contribution in [3.8, 4) is 0 Å². The molecule has 0 aliphatic rings. The van der Waals surface area contributed by atoms with Crippen LogP contribution in [-0.4, -0.2) is 23.0 Å². The number of carbonyl (C=O) groups is 1. The van der Waals surface area contributed by atoms with E-state index < -0.39 is 0 Å². The van der Waals surface area contributed by atoms with E-state index in [4.69, 9.17) is 4.74 Å². The normalized spacial score (nSPS) is 10.6. The van der Waals surface area contributed by atoms with Crippen LogP contribution in [0.1, 0.15) is 27.2 Å². The van der Waals surface area contributed by atoms with Gasteiger partial charge in [-0.2, -0.15) is 0 Å². The predicted molar refractivity (Wildman–Crippen MR) is 84.9 cm³/mol. The molecule has 0 saturated heterocycles. The molecule has 0 saturated carbocycles. The third-order valence-electron chi connectivity index (χ3n) is 3.51. The Balaban J connectivity index is 1.91. The van der Waals surface area contributed by atoms with E-state index >= 15 is 0 Å². The van der Waals surface area contributed by atoms with Crippen LogP contribution in [-0.2, 0) is 11.2 Å². The maximum atomic E-state index is 11.6. The van der Waals surface area contributed by atoms with Gasteiger partial charge in [0.1, 0.15) is 0 Å². The van der Waals surface area contributed by atoms with Gasteiger partial charge in [0, 0.05) is 29.9 Å². The number of esters is 1. The highest BCUT2D eigenvalue weighted by Gasteiger charge is 2.07. The van der Waals surface area contributed by atoms with Crippen LogP contribution in [0.2, 0.25) is 0 Å². The zero-order valence-electron chi connectivity index (χ0n) is 12.5. The lowest BCUT2D eigenvalue weighted by Crippen LogP contribution is -2.03. The number of fused-ring (bicyclic) bond motifs is 1. The van der Waals surface area contributed by atoms with Gasteiger partial charge in [-0.1, -0.05) is 6.07 Å². The lowest BCUT2D eigenvalue weighted by molar-refractivity contribution is 0.0600. The molecule has 0 atom stereocenters. The average molecular weight is 292 g/mol. The summed E-state index contributed by atoms with van der Waals surface area (Å²) in [4.78, 5) is 20.3. The number of ether oxygens (including phenoxy) is 1. The molecule has 2 heterocycles. The molecule has 0 fully saturated rings. The summed E-state index contributed by atoms with van der Waals surface area (Å²) in [5.74, 6) is -0.345. The lowest BCUT2D eigenvalue weighted by Gasteiger charge is -2.05. The second kappa shape index (κ2) is 5.93. The first-order valence-electron chi connectivity index (χ1n) is 7.04. The van der Waals surface area contributed by atoms with E-state index in [0.717, 1.165) is 27.7 Å². The first kappa shape index (κ1) is 14.2. The molecule has 4 heteroatoms. The predicted octanol–water partition coefficient (Wildman–Crippen LogP) is 3.32. The Morgan fingerprint density at radius 3 is 2.82 bits per heavy atom. The molecule has 3 aromatic rings. The quantitative estimate of drug-likeness (QED) is 0.695. The molecule has 0 spiro atoms. The zero-order valence-corrected chi connectivity index (χ0v) is 12.5. The summed E-state index contributed by atoms with van der Waals surface area (Å²) >= 11 is 0. The van der Waals surface area contributed by atoms with Crippen LogP contribution >= 0.6 is 0 Å². The molecule has 0 aliphatic heterocycles. The lowest BCUT2D eigenvalue weighted by atomic mass is 10.0. The Morgan fingerprint density at radius 1 is 1.14 bits per heavy atom. The van der Waals surface area contributed by atoms with Crippen molar-refractivity contribution < 1.29 is 9.53 Å². The van der Waals surface area contributed by atoms with Crippen molar-refractivity contribution in [2.24, 2.45) is 0 Å². The van der Waals surface area contributed by atoms with Crippen LogP contribution in [0.15, 0.2) is 48.8 Å². The summed E-state index contributed by atoms with van der Waals surface area (Å²) in [6.45, 7) is 2.03. The van der Waals surface area contributed by atoms with Gasteiger partial charge in [-0.05, 0) is 48.4 Å². The highest BCUT2D eigenvalue weighted by Crippen LogP contribution is 2.17. The molecule has 0 N–H and O–H groups in total. The molecule has 3 rings (SSSR count).